The second-order valence-electron chi connectivity index (χ2n) is 8.58. The number of sulfonamides is 1. The van der Waals surface area contributed by atoms with Crippen molar-refractivity contribution >= 4 is 27.9 Å². The van der Waals surface area contributed by atoms with Crippen molar-refractivity contribution in [3.8, 4) is 5.75 Å². The largest absolute Gasteiger partial charge is 0.495 e. The molecule has 3 rings (SSSR count). The quantitative estimate of drug-likeness (QED) is 0.525. The van der Waals surface area contributed by atoms with Crippen LogP contribution >= 0.6 is 0 Å². The normalized spacial score (nSPS) is 20.0. The zero-order valence-electron chi connectivity index (χ0n) is 19.8. The first-order chi connectivity index (χ1) is 16.2. The van der Waals surface area contributed by atoms with Crippen molar-refractivity contribution in [1.82, 2.24) is 9.21 Å². The molecule has 2 saturated heterocycles. The number of methoxy groups -OCH3 is 2. The maximum Gasteiger partial charge on any atom is 0.338 e. The number of carbonyl (C=O) groups excluding carboxylic acids is 3. The summed E-state index contributed by atoms with van der Waals surface area (Å²) in [7, 11) is -1.18. The molecule has 2 fully saturated rings. The molecule has 1 aromatic carbocycles. The second-order valence-corrected chi connectivity index (χ2v) is 10.4. The summed E-state index contributed by atoms with van der Waals surface area (Å²) in [6.07, 6.45) is 3.47. The van der Waals surface area contributed by atoms with Crippen LogP contribution in [0.3, 0.4) is 0 Å². The van der Waals surface area contributed by atoms with Gasteiger partial charge >= 0.3 is 11.9 Å². The van der Waals surface area contributed by atoms with Crippen molar-refractivity contribution in [1.29, 1.82) is 0 Å². The smallest absolute Gasteiger partial charge is 0.338 e. The molecule has 1 aromatic rings. The van der Waals surface area contributed by atoms with Crippen molar-refractivity contribution in [2.24, 2.45) is 5.92 Å². The Morgan fingerprint density at radius 2 is 1.74 bits per heavy atom. The Balaban J connectivity index is 1.66. The monoisotopic (exact) mass is 496 g/mol. The van der Waals surface area contributed by atoms with Gasteiger partial charge in [0.25, 0.3) is 5.91 Å². The Labute approximate surface area is 200 Å². The number of nitrogens with zero attached hydrogens (tertiary/aromatic N) is 2. The number of benzene rings is 1. The van der Waals surface area contributed by atoms with E-state index in [1.165, 1.54) is 41.6 Å². The lowest BCUT2D eigenvalue weighted by Crippen LogP contribution is -2.42. The van der Waals surface area contributed by atoms with Gasteiger partial charge in [0.15, 0.2) is 6.61 Å². The minimum absolute atomic E-state index is 0.0150. The van der Waals surface area contributed by atoms with Crippen LogP contribution in [0.5, 0.6) is 5.75 Å². The van der Waals surface area contributed by atoms with E-state index in [2.05, 4.69) is 0 Å². The van der Waals surface area contributed by atoms with E-state index in [1.807, 2.05) is 6.92 Å². The van der Waals surface area contributed by atoms with Crippen molar-refractivity contribution < 1.29 is 37.0 Å². The molecule has 0 N–H and O–H groups in total. The molecule has 2 aliphatic rings. The lowest BCUT2D eigenvalue weighted by atomic mass is 9.97. The van der Waals surface area contributed by atoms with Gasteiger partial charge in [0, 0.05) is 25.7 Å². The summed E-state index contributed by atoms with van der Waals surface area (Å²) in [6, 6.07) is 3.91. The molecule has 0 aliphatic carbocycles. The van der Waals surface area contributed by atoms with Gasteiger partial charge in [-0.05, 0) is 50.8 Å². The van der Waals surface area contributed by atoms with E-state index in [4.69, 9.17) is 14.2 Å². The zero-order valence-corrected chi connectivity index (χ0v) is 20.6. The fraction of sp³-hybridized carbons (Fsp3) is 0.609. The summed E-state index contributed by atoms with van der Waals surface area (Å²) < 4.78 is 43.2. The first kappa shape index (κ1) is 26.0. The van der Waals surface area contributed by atoms with E-state index in [9.17, 15) is 22.8 Å². The predicted molar refractivity (Wildman–Crippen MR) is 122 cm³/mol. The lowest BCUT2D eigenvalue weighted by molar-refractivity contribution is -0.149. The molecule has 188 valence electrons. The van der Waals surface area contributed by atoms with Crippen molar-refractivity contribution in [2.45, 2.75) is 50.0 Å². The molecule has 11 heteroatoms. The summed E-state index contributed by atoms with van der Waals surface area (Å²) in [4.78, 5) is 38.1. The van der Waals surface area contributed by atoms with E-state index in [-0.39, 0.29) is 40.0 Å². The molecular weight excluding hydrogens is 464 g/mol. The van der Waals surface area contributed by atoms with Gasteiger partial charge in [-0.1, -0.05) is 6.42 Å². The summed E-state index contributed by atoms with van der Waals surface area (Å²) in [5.74, 6) is -1.57. The Hall–Kier alpha value is -2.66. The average Bonchev–Trinajstić information content (AvgIpc) is 2.86. The molecule has 2 heterocycles. The van der Waals surface area contributed by atoms with Crippen LogP contribution in [0.15, 0.2) is 23.1 Å². The van der Waals surface area contributed by atoms with Crippen LogP contribution in [-0.2, 0) is 29.1 Å². The van der Waals surface area contributed by atoms with Gasteiger partial charge < -0.3 is 19.1 Å². The van der Waals surface area contributed by atoms with Crippen LogP contribution in [0.4, 0.5) is 0 Å². The molecule has 0 radical (unpaired) electrons. The van der Waals surface area contributed by atoms with Crippen LogP contribution < -0.4 is 4.74 Å². The molecule has 0 saturated carbocycles. The number of rotatable bonds is 7. The number of hydrogen-bond acceptors (Lipinski definition) is 8. The Morgan fingerprint density at radius 3 is 2.35 bits per heavy atom. The van der Waals surface area contributed by atoms with Crippen molar-refractivity contribution in [2.75, 3.05) is 40.5 Å². The lowest BCUT2D eigenvalue weighted by Gasteiger charge is -2.32. The SMILES string of the molecule is COC(=O)C1CCN(C(=O)COC(=O)c2ccc(OC)c(S(=O)(=O)N3CCCC[C@@H]3C)c2)CC1. The molecular formula is C23H32N2O8S. The number of hydrogen-bond donors (Lipinski definition) is 0. The molecule has 0 unspecified atom stereocenters. The summed E-state index contributed by atoms with van der Waals surface area (Å²) in [5, 5.41) is 0. The van der Waals surface area contributed by atoms with E-state index >= 15 is 0 Å². The third-order valence-electron chi connectivity index (χ3n) is 6.44. The van der Waals surface area contributed by atoms with E-state index in [0.29, 0.717) is 32.5 Å². The number of piperidine rings is 2. The Morgan fingerprint density at radius 1 is 1.03 bits per heavy atom. The fourth-order valence-corrected chi connectivity index (χ4v) is 6.28. The second kappa shape index (κ2) is 11.2. The summed E-state index contributed by atoms with van der Waals surface area (Å²) in [6.45, 7) is 2.53. The van der Waals surface area contributed by atoms with Crippen LogP contribution in [0.1, 0.15) is 49.4 Å². The van der Waals surface area contributed by atoms with Gasteiger partial charge in [-0.25, -0.2) is 13.2 Å². The standard InChI is InChI=1S/C23H32N2O8S/c1-16-6-4-5-11-25(16)34(29,30)20-14-18(7-8-19(20)31-2)23(28)33-15-21(26)24-12-9-17(10-13-24)22(27)32-3/h7-8,14,16-17H,4-6,9-13,15H2,1-3H3/t16-/m0/s1. The number of likely N-dealkylation sites (tertiary alicyclic amines) is 1. The van der Waals surface area contributed by atoms with E-state index in [0.717, 1.165) is 19.3 Å². The molecule has 1 atom stereocenters. The molecule has 34 heavy (non-hydrogen) atoms. The van der Waals surface area contributed by atoms with Gasteiger partial charge in [0.05, 0.1) is 25.7 Å². The van der Waals surface area contributed by atoms with Gasteiger partial charge in [0.1, 0.15) is 10.6 Å². The molecule has 2 aliphatic heterocycles. The van der Waals surface area contributed by atoms with Crippen LogP contribution in [-0.4, -0.2) is 82.0 Å². The van der Waals surface area contributed by atoms with Crippen molar-refractivity contribution in [3.63, 3.8) is 0 Å². The first-order valence-corrected chi connectivity index (χ1v) is 12.9. The molecule has 10 nitrogen and oxygen atoms in total. The van der Waals surface area contributed by atoms with Gasteiger partial charge in [0.2, 0.25) is 10.0 Å². The Kier molecular flexibility index (Phi) is 8.53. The highest BCUT2D eigenvalue weighted by atomic mass is 32.2. The third-order valence-corrected chi connectivity index (χ3v) is 8.47. The van der Waals surface area contributed by atoms with Gasteiger partial charge in [-0.3, -0.25) is 9.59 Å². The number of carbonyl (C=O) groups is 3. The highest BCUT2D eigenvalue weighted by Gasteiger charge is 2.34. The molecule has 0 aromatic heterocycles. The Bertz CT molecular complexity index is 1020. The minimum Gasteiger partial charge on any atom is -0.495 e. The zero-order chi connectivity index (χ0) is 24.9. The summed E-state index contributed by atoms with van der Waals surface area (Å²) in [5.41, 5.74) is 0.0150. The maximum absolute atomic E-state index is 13.3. The molecule has 0 bridgehead atoms. The van der Waals surface area contributed by atoms with Crippen LogP contribution in [0.25, 0.3) is 0 Å². The molecule has 0 spiro atoms. The number of ether oxygens (including phenoxy) is 3. The third kappa shape index (κ3) is 5.69. The van der Waals surface area contributed by atoms with Gasteiger partial charge in [-0.2, -0.15) is 4.31 Å². The van der Waals surface area contributed by atoms with E-state index < -0.39 is 22.6 Å². The number of esters is 2. The fourth-order valence-electron chi connectivity index (χ4n) is 4.39. The average molecular weight is 497 g/mol. The highest BCUT2D eigenvalue weighted by molar-refractivity contribution is 7.89. The maximum atomic E-state index is 13.3. The topological polar surface area (TPSA) is 120 Å². The number of amides is 1. The van der Waals surface area contributed by atoms with E-state index in [1.54, 1.807) is 0 Å². The first-order valence-electron chi connectivity index (χ1n) is 11.4. The van der Waals surface area contributed by atoms with Crippen LogP contribution in [0.2, 0.25) is 0 Å². The van der Waals surface area contributed by atoms with Crippen LogP contribution in [0, 0.1) is 5.92 Å². The van der Waals surface area contributed by atoms with Crippen molar-refractivity contribution in [3.05, 3.63) is 23.8 Å². The summed E-state index contributed by atoms with van der Waals surface area (Å²) >= 11 is 0. The molecule has 1 amide bonds. The van der Waals surface area contributed by atoms with Gasteiger partial charge in [-0.15, -0.1) is 0 Å². The minimum atomic E-state index is -3.89. The highest BCUT2D eigenvalue weighted by Crippen LogP contribution is 2.32. The predicted octanol–water partition coefficient (Wildman–Crippen LogP) is 1.83.